The van der Waals surface area contributed by atoms with Crippen LogP contribution >= 0.6 is 12.4 Å². The topological polar surface area (TPSA) is 56.3 Å². The van der Waals surface area contributed by atoms with Crippen LogP contribution in [0.3, 0.4) is 0 Å². The third-order valence-corrected chi connectivity index (χ3v) is 4.11. The van der Waals surface area contributed by atoms with Crippen molar-refractivity contribution in [1.29, 1.82) is 0 Å². The first-order valence-corrected chi connectivity index (χ1v) is 7.15. The minimum atomic E-state index is -0.187. The number of nitrogens with zero attached hydrogens (tertiary/aromatic N) is 1. The van der Waals surface area contributed by atoms with Crippen molar-refractivity contribution in [2.45, 2.75) is 25.9 Å². The van der Waals surface area contributed by atoms with Gasteiger partial charge in [0.25, 0.3) is 5.56 Å². The van der Waals surface area contributed by atoms with Crippen LogP contribution in [0.15, 0.2) is 29.1 Å². The van der Waals surface area contributed by atoms with Crippen molar-refractivity contribution in [3.8, 4) is 0 Å². The van der Waals surface area contributed by atoms with Crippen LogP contribution < -0.4 is 5.56 Å². The Hall–Kier alpha value is -1.36. The number of likely N-dealkylation sites (tertiary alicyclic amines) is 1. The summed E-state index contributed by atoms with van der Waals surface area (Å²) in [6, 6.07) is 7.89. The summed E-state index contributed by atoms with van der Waals surface area (Å²) in [5.41, 5.74) is 2.09. The Morgan fingerprint density at radius 2 is 2.19 bits per heavy atom. The third-order valence-electron chi connectivity index (χ3n) is 4.11. The molecular weight excluding hydrogens is 288 g/mol. The largest absolute Gasteiger partial charge is 0.392 e. The van der Waals surface area contributed by atoms with E-state index in [0.29, 0.717) is 0 Å². The lowest BCUT2D eigenvalue weighted by Crippen LogP contribution is -2.25. The molecule has 114 valence electrons. The van der Waals surface area contributed by atoms with Gasteiger partial charge >= 0.3 is 0 Å². The highest BCUT2D eigenvalue weighted by Gasteiger charge is 2.19. The molecule has 0 spiro atoms. The zero-order valence-corrected chi connectivity index (χ0v) is 12.9. The summed E-state index contributed by atoms with van der Waals surface area (Å²) in [6.45, 7) is 4.60. The Morgan fingerprint density at radius 3 is 2.90 bits per heavy atom. The molecule has 1 aliphatic heterocycles. The summed E-state index contributed by atoms with van der Waals surface area (Å²) < 4.78 is 0. The number of hydrogen-bond donors (Lipinski definition) is 2. The van der Waals surface area contributed by atoms with Crippen LogP contribution in [0.25, 0.3) is 10.8 Å². The van der Waals surface area contributed by atoms with E-state index in [1.807, 2.05) is 25.1 Å². The van der Waals surface area contributed by atoms with Gasteiger partial charge in [-0.05, 0) is 36.4 Å². The number of halogens is 1. The summed E-state index contributed by atoms with van der Waals surface area (Å²) in [7, 11) is 0. The molecule has 0 aliphatic carbocycles. The quantitative estimate of drug-likeness (QED) is 0.910. The first-order valence-electron chi connectivity index (χ1n) is 7.15. The van der Waals surface area contributed by atoms with Gasteiger partial charge in [0.15, 0.2) is 0 Å². The Kier molecular flexibility index (Phi) is 5.04. The number of aliphatic hydroxyl groups is 1. The van der Waals surface area contributed by atoms with Crippen LogP contribution in [-0.4, -0.2) is 40.7 Å². The lowest BCUT2D eigenvalue weighted by Gasteiger charge is -2.14. The number of benzene rings is 1. The highest BCUT2D eigenvalue weighted by atomic mass is 35.5. The number of nitrogens with one attached hydrogen (secondary N) is 1. The highest BCUT2D eigenvalue weighted by Crippen LogP contribution is 2.16. The molecule has 3 rings (SSSR count). The number of aliphatic hydroxyl groups excluding tert-OH is 1. The normalized spacial score (nSPS) is 18.9. The van der Waals surface area contributed by atoms with Gasteiger partial charge in [-0.3, -0.25) is 4.79 Å². The summed E-state index contributed by atoms with van der Waals surface area (Å²) in [4.78, 5) is 17.3. The molecule has 1 aromatic carbocycles. The molecule has 2 heterocycles. The third kappa shape index (κ3) is 3.46. The van der Waals surface area contributed by atoms with Crippen LogP contribution in [-0.2, 0) is 6.42 Å². The van der Waals surface area contributed by atoms with Crippen molar-refractivity contribution in [3.05, 3.63) is 45.9 Å². The molecular formula is C16H21ClN2O2. The average Bonchev–Trinajstić information content (AvgIpc) is 2.84. The van der Waals surface area contributed by atoms with E-state index in [0.717, 1.165) is 54.5 Å². The van der Waals surface area contributed by atoms with Crippen LogP contribution in [0.2, 0.25) is 0 Å². The van der Waals surface area contributed by atoms with Crippen molar-refractivity contribution in [3.63, 3.8) is 0 Å². The highest BCUT2D eigenvalue weighted by molar-refractivity contribution is 5.85. The molecule has 1 fully saturated rings. The SMILES string of the molecule is Cc1cccc2c(=O)[nH]c(CCN3CCC(O)C3)cc12.Cl. The fraction of sp³-hybridized carbons (Fsp3) is 0.438. The van der Waals surface area contributed by atoms with E-state index in [1.54, 1.807) is 0 Å². The molecule has 1 aromatic heterocycles. The number of aromatic nitrogens is 1. The number of pyridine rings is 1. The van der Waals surface area contributed by atoms with Gasteiger partial charge < -0.3 is 15.0 Å². The average molecular weight is 309 g/mol. The second-order valence-electron chi connectivity index (χ2n) is 5.65. The summed E-state index contributed by atoms with van der Waals surface area (Å²) in [6.07, 6.45) is 1.48. The smallest absolute Gasteiger partial charge is 0.256 e. The second kappa shape index (κ2) is 6.60. The Morgan fingerprint density at radius 1 is 1.38 bits per heavy atom. The lowest BCUT2D eigenvalue weighted by molar-refractivity contribution is 0.176. The Bertz CT molecular complexity index is 684. The van der Waals surface area contributed by atoms with Gasteiger partial charge in [0.2, 0.25) is 0 Å². The fourth-order valence-corrected chi connectivity index (χ4v) is 2.92. The maximum Gasteiger partial charge on any atom is 0.256 e. The summed E-state index contributed by atoms with van der Waals surface area (Å²) in [5.74, 6) is 0. The summed E-state index contributed by atoms with van der Waals surface area (Å²) in [5, 5.41) is 11.3. The van der Waals surface area contributed by atoms with E-state index >= 15 is 0 Å². The standard InChI is InChI=1S/C16H20N2O2.ClH/c1-11-3-2-4-14-15(11)9-12(17-16(14)20)5-7-18-8-6-13(19)10-18;/h2-4,9,13,19H,5-8,10H2,1H3,(H,17,20);1H. The molecule has 1 aliphatic rings. The van der Waals surface area contributed by atoms with Crippen molar-refractivity contribution in [2.75, 3.05) is 19.6 Å². The minimum absolute atomic E-state index is 0. The molecule has 1 unspecified atom stereocenters. The van der Waals surface area contributed by atoms with E-state index in [9.17, 15) is 9.90 Å². The van der Waals surface area contributed by atoms with E-state index in [1.165, 1.54) is 0 Å². The monoisotopic (exact) mass is 308 g/mol. The van der Waals surface area contributed by atoms with Crippen LogP contribution in [0, 0.1) is 6.92 Å². The maximum atomic E-state index is 12.1. The Labute approximate surface area is 130 Å². The van der Waals surface area contributed by atoms with Gasteiger partial charge in [0, 0.05) is 37.1 Å². The van der Waals surface area contributed by atoms with Gasteiger partial charge in [-0.25, -0.2) is 0 Å². The van der Waals surface area contributed by atoms with Crippen LogP contribution in [0.4, 0.5) is 0 Å². The van der Waals surface area contributed by atoms with E-state index < -0.39 is 0 Å². The molecule has 5 heteroatoms. The van der Waals surface area contributed by atoms with E-state index in [4.69, 9.17) is 0 Å². The Balaban J connectivity index is 0.00000161. The first kappa shape index (κ1) is 16.0. The van der Waals surface area contributed by atoms with E-state index in [-0.39, 0.29) is 24.1 Å². The zero-order valence-electron chi connectivity index (χ0n) is 12.1. The molecule has 4 nitrogen and oxygen atoms in total. The van der Waals surface area contributed by atoms with Gasteiger partial charge in [0.1, 0.15) is 0 Å². The number of aryl methyl sites for hydroxylation is 1. The number of fused-ring (bicyclic) bond motifs is 1. The zero-order chi connectivity index (χ0) is 14.1. The maximum absolute atomic E-state index is 12.1. The number of β-amino-alcohol motifs (C(OH)–C–C–N with tert-alkyl or cyclic N) is 1. The minimum Gasteiger partial charge on any atom is -0.392 e. The predicted molar refractivity (Wildman–Crippen MR) is 87.3 cm³/mol. The van der Waals surface area contributed by atoms with Gasteiger partial charge in [-0.15, -0.1) is 12.4 Å². The van der Waals surface area contributed by atoms with Gasteiger partial charge in [-0.1, -0.05) is 12.1 Å². The fourth-order valence-electron chi connectivity index (χ4n) is 2.92. The molecule has 0 bridgehead atoms. The molecule has 1 saturated heterocycles. The van der Waals surface area contributed by atoms with Crippen molar-refractivity contribution >= 4 is 23.2 Å². The molecule has 21 heavy (non-hydrogen) atoms. The van der Waals surface area contributed by atoms with Crippen molar-refractivity contribution < 1.29 is 5.11 Å². The van der Waals surface area contributed by atoms with Gasteiger partial charge in [-0.2, -0.15) is 0 Å². The number of H-pyrrole nitrogens is 1. The number of hydrogen-bond acceptors (Lipinski definition) is 3. The lowest BCUT2D eigenvalue weighted by atomic mass is 10.1. The van der Waals surface area contributed by atoms with Gasteiger partial charge in [0.05, 0.1) is 6.10 Å². The van der Waals surface area contributed by atoms with Crippen molar-refractivity contribution in [2.24, 2.45) is 0 Å². The number of rotatable bonds is 3. The molecule has 2 aromatic rings. The summed E-state index contributed by atoms with van der Waals surface area (Å²) >= 11 is 0. The molecule has 0 saturated carbocycles. The molecule has 0 radical (unpaired) electrons. The van der Waals surface area contributed by atoms with Crippen LogP contribution in [0.1, 0.15) is 17.7 Å². The first-order chi connectivity index (χ1) is 9.63. The predicted octanol–water partition coefficient (Wildman–Crippen LogP) is 1.87. The number of aromatic amines is 1. The van der Waals surface area contributed by atoms with E-state index in [2.05, 4.69) is 16.0 Å². The van der Waals surface area contributed by atoms with Crippen molar-refractivity contribution in [1.82, 2.24) is 9.88 Å². The second-order valence-corrected chi connectivity index (χ2v) is 5.65. The molecule has 1 atom stereocenters. The molecule has 0 amide bonds. The molecule has 2 N–H and O–H groups in total. The van der Waals surface area contributed by atoms with Crippen LogP contribution in [0.5, 0.6) is 0 Å².